The summed E-state index contributed by atoms with van der Waals surface area (Å²) < 4.78 is 0. The molecule has 1 aromatic carbocycles. The highest BCUT2D eigenvalue weighted by Crippen LogP contribution is 2.52. The van der Waals surface area contributed by atoms with Crippen LogP contribution in [-0.4, -0.2) is 64.1 Å². The summed E-state index contributed by atoms with van der Waals surface area (Å²) >= 11 is 0. The van der Waals surface area contributed by atoms with E-state index < -0.39 is 52.0 Å². The van der Waals surface area contributed by atoms with Crippen LogP contribution in [0.3, 0.4) is 0 Å². The molecule has 10 nitrogen and oxygen atoms in total. The number of aliphatic hydroxyl groups excluding tert-OH is 2. The maximum atomic E-state index is 13.7. The number of nitrogens with one attached hydrogen (secondary N) is 1. The van der Waals surface area contributed by atoms with Gasteiger partial charge in [-0.05, 0) is 30.4 Å². The van der Waals surface area contributed by atoms with E-state index in [-0.39, 0.29) is 42.7 Å². The smallest absolute Gasteiger partial charge is 0.255 e. The van der Waals surface area contributed by atoms with Crippen molar-refractivity contribution < 1.29 is 34.8 Å². The highest BCUT2D eigenvalue weighted by Gasteiger charge is 2.59. The van der Waals surface area contributed by atoms with Gasteiger partial charge in [-0.2, -0.15) is 0 Å². The Morgan fingerprint density at radius 1 is 1.29 bits per heavy atom. The zero-order valence-corrected chi connectivity index (χ0v) is 19.6. The fourth-order valence-electron chi connectivity index (χ4n) is 5.56. The summed E-state index contributed by atoms with van der Waals surface area (Å²) in [6.07, 6.45) is 1.76. The number of primary amides is 1. The number of hydrogen-bond donors (Lipinski definition) is 6. The summed E-state index contributed by atoms with van der Waals surface area (Å²) in [5, 5.41) is 46.9. The number of phenolic OH excluding ortho intramolecular Hbond substituents is 1. The van der Waals surface area contributed by atoms with E-state index in [9.17, 15) is 34.8 Å². The number of carbonyl (C=O) groups excluding carboxylic acids is 3. The van der Waals surface area contributed by atoms with Gasteiger partial charge in [0.05, 0.1) is 5.56 Å². The van der Waals surface area contributed by atoms with Crippen molar-refractivity contribution >= 4 is 23.2 Å². The van der Waals surface area contributed by atoms with Crippen LogP contribution >= 0.6 is 0 Å². The Morgan fingerprint density at radius 2 is 1.97 bits per heavy atom. The number of rotatable bonds is 6. The lowest BCUT2D eigenvalue weighted by molar-refractivity contribution is -0.144. The maximum Gasteiger partial charge on any atom is 0.255 e. The molecule has 0 saturated carbocycles. The number of nitrogens with two attached hydrogens (primary N) is 1. The van der Waals surface area contributed by atoms with Crippen LogP contribution in [0.4, 0.5) is 5.69 Å². The van der Waals surface area contributed by atoms with Crippen molar-refractivity contribution in [3.63, 3.8) is 0 Å². The number of nitrogens with zero attached hydrogens (tertiary/aromatic N) is 1. The average molecular weight is 484 g/mol. The molecule has 0 radical (unpaired) electrons. The molecule has 3 aliphatic carbocycles. The largest absolute Gasteiger partial charge is 0.511 e. The number of Topliss-reactive ketones (excluding diaryl/α,β-unsaturated/α-hetero) is 2. The second kappa shape index (κ2) is 8.54. The Labute approximate surface area is 202 Å². The SMILES string of the molecule is C=CCNCc1cc(N(C)C)c2c(c1O)C(=O)C1=C(O)[C@]3(O)C(=O)C(C(N)=O)=C(O)C[C@@H]3C[C@@H]1C2. The number of phenols is 1. The molecular formula is C25H29N3O7. The fraction of sp³-hybridized carbons (Fsp3) is 0.400. The van der Waals surface area contributed by atoms with Gasteiger partial charge in [-0.1, -0.05) is 6.08 Å². The van der Waals surface area contributed by atoms with Gasteiger partial charge in [-0.3, -0.25) is 14.4 Å². The third-order valence-corrected chi connectivity index (χ3v) is 7.20. The molecule has 3 atom stereocenters. The van der Waals surface area contributed by atoms with E-state index in [1.165, 1.54) is 0 Å². The predicted octanol–water partition coefficient (Wildman–Crippen LogP) is 0.922. The molecule has 0 heterocycles. The van der Waals surface area contributed by atoms with Gasteiger partial charge >= 0.3 is 0 Å². The quantitative estimate of drug-likeness (QED) is 0.195. The number of benzene rings is 1. The van der Waals surface area contributed by atoms with Crippen LogP contribution in [0.1, 0.15) is 34.3 Å². The molecule has 0 aliphatic heterocycles. The highest BCUT2D eigenvalue weighted by molar-refractivity contribution is 6.24. The van der Waals surface area contributed by atoms with E-state index in [4.69, 9.17) is 5.73 Å². The van der Waals surface area contributed by atoms with Crippen molar-refractivity contribution in [2.45, 2.75) is 31.4 Å². The van der Waals surface area contributed by atoms with E-state index in [0.717, 1.165) is 5.69 Å². The van der Waals surface area contributed by atoms with Gasteiger partial charge in [0.15, 0.2) is 11.4 Å². The zero-order chi connectivity index (χ0) is 25.8. The van der Waals surface area contributed by atoms with E-state index >= 15 is 0 Å². The van der Waals surface area contributed by atoms with E-state index in [2.05, 4.69) is 11.9 Å². The van der Waals surface area contributed by atoms with Crippen LogP contribution < -0.4 is 16.0 Å². The van der Waals surface area contributed by atoms with Gasteiger partial charge in [0.25, 0.3) is 5.91 Å². The van der Waals surface area contributed by atoms with E-state index in [1.807, 2.05) is 19.0 Å². The van der Waals surface area contributed by atoms with Crippen LogP contribution in [0.2, 0.25) is 0 Å². The molecule has 3 aliphatic rings. The molecule has 0 unspecified atom stereocenters. The molecule has 0 aromatic heterocycles. The van der Waals surface area contributed by atoms with Crippen molar-refractivity contribution in [3.8, 4) is 5.75 Å². The van der Waals surface area contributed by atoms with Crippen LogP contribution in [0.15, 0.2) is 41.4 Å². The van der Waals surface area contributed by atoms with Gasteiger partial charge in [0.2, 0.25) is 5.78 Å². The Morgan fingerprint density at radius 3 is 2.57 bits per heavy atom. The number of aromatic hydroxyl groups is 1. The molecule has 0 spiro atoms. The minimum absolute atomic E-state index is 0.00299. The number of fused-ring (bicyclic) bond motifs is 3. The number of aliphatic hydroxyl groups is 3. The molecule has 1 amide bonds. The average Bonchev–Trinajstić information content (AvgIpc) is 2.77. The standard InChI is InChI=1S/C25H29N3O7/c1-4-5-27-10-12-8-15(28(2)3)14-7-11-6-13-9-16(29)19(24(26)34)23(33)25(13,35)22(32)17(11)21(31)18(14)20(12)30/h4,8,11,13,27,29-30,32,35H,1,5-7,9-10H2,2-3H3,(H2,26,34)/t11-,13+,25+/m1/s1. The minimum Gasteiger partial charge on any atom is -0.511 e. The van der Waals surface area contributed by atoms with Crippen LogP contribution in [0.25, 0.3) is 0 Å². The second-order valence-corrected chi connectivity index (χ2v) is 9.48. The maximum absolute atomic E-state index is 13.7. The van der Waals surface area contributed by atoms with Crippen molar-refractivity contribution in [2.75, 3.05) is 25.5 Å². The van der Waals surface area contributed by atoms with Gasteiger partial charge in [-0.15, -0.1) is 6.58 Å². The lowest BCUT2D eigenvalue weighted by Gasteiger charge is -2.46. The number of anilines is 1. The van der Waals surface area contributed by atoms with Crippen molar-refractivity contribution in [1.82, 2.24) is 5.32 Å². The van der Waals surface area contributed by atoms with E-state index in [0.29, 0.717) is 17.7 Å². The van der Waals surface area contributed by atoms with Crippen molar-refractivity contribution in [1.29, 1.82) is 0 Å². The first kappa shape index (κ1) is 24.5. The van der Waals surface area contributed by atoms with Crippen molar-refractivity contribution in [3.05, 3.63) is 58.1 Å². The minimum atomic E-state index is -2.57. The third kappa shape index (κ3) is 3.52. The molecule has 10 heteroatoms. The summed E-state index contributed by atoms with van der Waals surface area (Å²) in [7, 11) is 3.63. The Bertz CT molecular complexity index is 1230. The molecule has 35 heavy (non-hydrogen) atoms. The second-order valence-electron chi connectivity index (χ2n) is 9.48. The summed E-state index contributed by atoms with van der Waals surface area (Å²) in [6.45, 7) is 4.38. The fourth-order valence-corrected chi connectivity index (χ4v) is 5.56. The monoisotopic (exact) mass is 483 g/mol. The van der Waals surface area contributed by atoms with Gasteiger partial charge in [-0.25, -0.2) is 0 Å². The van der Waals surface area contributed by atoms with Crippen LogP contribution in [0, 0.1) is 11.8 Å². The Balaban J connectivity index is 1.89. The van der Waals surface area contributed by atoms with Gasteiger partial charge < -0.3 is 36.4 Å². The third-order valence-electron chi connectivity index (χ3n) is 7.20. The topological polar surface area (TPSA) is 173 Å². The first-order valence-electron chi connectivity index (χ1n) is 11.3. The van der Waals surface area contributed by atoms with Gasteiger partial charge in [0.1, 0.15) is 22.8 Å². The lowest BCUT2D eigenvalue weighted by atomic mass is 9.60. The zero-order valence-electron chi connectivity index (χ0n) is 19.6. The first-order chi connectivity index (χ1) is 16.4. The number of ketones is 2. The van der Waals surface area contributed by atoms with E-state index in [1.54, 1.807) is 12.1 Å². The lowest BCUT2D eigenvalue weighted by Crippen LogP contribution is -2.57. The molecule has 0 saturated heterocycles. The van der Waals surface area contributed by atoms with Crippen LogP contribution in [-0.2, 0) is 22.6 Å². The van der Waals surface area contributed by atoms with Crippen LogP contribution in [0.5, 0.6) is 5.75 Å². The number of allylic oxidation sites excluding steroid dienone is 2. The number of carbonyl (C=O) groups is 3. The first-order valence-corrected chi connectivity index (χ1v) is 11.3. The summed E-state index contributed by atoms with van der Waals surface area (Å²) in [4.78, 5) is 40.4. The Hall–Kier alpha value is -3.63. The number of amides is 1. The Kier molecular flexibility index (Phi) is 5.98. The summed E-state index contributed by atoms with van der Waals surface area (Å²) in [5.74, 6) is -6.33. The molecule has 1 aromatic rings. The van der Waals surface area contributed by atoms with Crippen molar-refractivity contribution in [2.24, 2.45) is 17.6 Å². The molecule has 4 rings (SSSR count). The summed E-state index contributed by atoms with van der Waals surface area (Å²) in [6, 6.07) is 1.79. The highest BCUT2D eigenvalue weighted by atomic mass is 16.3. The molecule has 0 fully saturated rings. The molecule has 186 valence electrons. The molecule has 0 bridgehead atoms. The number of hydrogen-bond acceptors (Lipinski definition) is 9. The summed E-state index contributed by atoms with van der Waals surface area (Å²) in [5.41, 5.74) is 3.48. The normalized spacial score (nSPS) is 25.7. The molecule has 7 N–H and O–H groups in total. The van der Waals surface area contributed by atoms with Gasteiger partial charge in [0, 0.05) is 56.3 Å². The predicted molar refractivity (Wildman–Crippen MR) is 127 cm³/mol. The molecular weight excluding hydrogens is 454 g/mol.